The fraction of sp³-hybridized carbons (Fsp3) is 0.0833. The third-order valence-corrected chi connectivity index (χ3v) is 6.44. The molecule has 6 nitrogen and oxygen atoms in total. The number of nitrogens with one attached hydrogen (secondary N) is 1. The zero-order chi connectivity index (χ0) is 22.1. The van der Waals surface area contributed by atoms with Gasteiger partial charge >= 0.3 is 0 Å². The smallest absolute Gasteiger partial charge is 0.258 e. The first-order valence-corrected chi connectivity index (χ1v) is 11.2. The highest BCUT2D eigenvalue weighted by Gasteiger charge is 2.23. The highest BCUT2D eigenvalue weighted by atomic mass is 35.5. The van der Waals surface area contributed by atoms with Crippen LogP contribution in [0.15, 0.2) is 66.0 Å². The number of thiophene rings is 1. The van der Waals surface area contributed by atoms with Crippen LogP contribution < -0.4 is 5.32 Å². The Morgan fingerprint density at radius 2 is 1.81 bits per heavy atom. The molecule has 2 aromatic carbocycles. The van der Waals surface area contributed by atoms with E-state index in [-0.39, 0.29) is 5.56 Å². The number of para-hydroxylation sites is 2. The monoisotopic (exact) mass is 457 g/mol. The Kier molecular flexibility index (Phi) is 5.31. The van der Waals surface area contributed by atoms with Gasteiger partial charge in [-0.25, -0.2) is 9.97 Å². The number of carbonyl (C=O) groups excluding carboxylic acids is 1. The number of amides is 1. The number of fused-ring (bicyclic) bond motifs is 2. The molecular weight excluding hydrogens is 442 g/mol. The Balaban J connectivity index is 1.67. The van der Waals surface area contributed by atoms with Crippen molar-refractivity contribution in [3.05, 3.63) is 87.1 Å². The summed E-state index contributed by atoms with van der Waals surface area (Å²) in [6.07, 6.45) is 0.732. The van der Waals surface area contributed by atoms with Crippen LogP contribution in [0.25, 0.3) is 22.2 Å². The van der Waals surface area contributed by atoms with Gasteiger partial charge in [0.1, 0.15) is 23.0 Å². The highest BCUT2D eigenvalue weighted by Crippen LogP contribution is 2.30. The van der Waals surface area contributed by atoms with Gasteiger partial charge in [-0.15, -0.1) is 11.3 Å². The molecule has 0 unspecified atom stereocenters. The number of carbonyl (C=O) groups is 1. The van der Waals surface area contributed by atoms with E-state index >= 15 is 0 Å². The predicted molar refractivity (Wildman–Crippen MR) is 127 cm³/mol. The molecule has 5 rings (SSSR count). The number of aromatic nitrogens is 3. The van der Waals surface area contributed by atoms with Gasteiger partial charge in [-0.2, -0.15) is 5.26 Å². The van der Waals surface area contributed by atoms with Crippen molar-refractivity contribution in [1.82, 2.24) is 14.5 Å². The third kappa shape index (κ3) is 3.60. The van der Waals surface area contributed by atoms with E-state index in [0.717, 1.165) is 11.9 Å². The van der Waals surface area contributed by atoms with E-state index < -0.39 is 5.91 Å². The van der Waals surface area contributed by atoms with Gasteiger partial charge in [0, 0.05) is 11.4 Å². The van der Waals surface area contributed by atoms with Crippen LogP contribution in [-0.2, 0) is 13.0 Å². The van der Waals surface area contributed by atoms with Crippen LogP contribution in [0.5, 0.6) is 0 Å². The van der Waals surface area contributed by atoms with Crippen molar-refractivity contribution < 1.29 is 4.79 Å². The van der Waals surface area contributed by atoms with E-state index in [2.05, 4.69) is 17.5 Å². The summed E-state index contributed by atoms with van der Waals surface area (Å²) in [5.41, 5.74) is 3.06. The molecule has 0 saturated carbocycles. The summed E-state index contributed by atoms with van der Waals surface area (Å²) in [5.74, 6) is -0.0175. The summed E-state index contributed by atoms with van der Waals surface area (Å²) in [5, 5.41) is 15.3. The van der Waals surface area contributed by atoms with Crippen LogP contribution >= 0.6 is 22.9 Å². The summed E-state index contributed by atoms with van der Waals surface area (Å²) in [7, 11) is 0. The van der Waals surface area contributed by atoms with E-state index in [4.69, 9.17) is 21.6 Å². The lowest BCUT2D eigenvalue weighted by Crippen LogP contribution is -2.17. The van der Waals surface area contributed by atoms with E-state index in [9.17, 15) is 10.1 Å². The molecule has 0 aliphatic heterocycles. The minimum absolute atomic E-state index is 0.282. The number of halogens is 1. The summed E-state index contributed by atoms with van der Waals surface area (Å²) >= 11 is 7.88. The largest absolute Gasteiger partial charge is 0.309 e. The normalized spacial score (nSPS) is 11.0. The zero-order valence-corrected chi connectivity index (χ0v) is 18.3. The molecule has 0 spiro atoms. The molecule has 8 heteroatoms. The Morgan fingerprint density at radius 3 is 2.53 bits per heavy atom. The maximum atomic E-state index is 13.0. The molecule has 0 aliphatic carbocycles. The second-order valence-electron chi connectivity index (χ2n) is 7.13. The van der Waals surface area contributed by atoms with Crippen molar-refractivity contribution in [1.29, 1.82) is 5.26 Å². The van der Waals surface area contributed by atoms with Gasteiger partial charge in [0.05, 0.1) is 21.6 Å². The molecule has 0 atom stereocenters. The van der Waals surface area contributed by atoms with Crippen LogP contribution in [0.3, 0.4) is 0 Å². The van der Waals surface area contributed by atoms with Gasteiger partial charge in [0.2, 0.25) is 0 Å². The average molecular weight is 458 g/mol. The molecule has 0 radical (unpaired) electrons. The van der Waals surface area contributed by atoms with Crippen molar-refractivity contribution in [3.8, 4) is 6.07 Å². The molecule has 0 saturated heterocycles. The molecule has 156 valence electrons. The van der Waals surface area contributed by atoms with E-state index in [1.54, 1.807) is 35.6 Å². The minimum Gasteiger partial charge on any atom is -0.309 e. The lowest BCUT2D eigenvalue weighted by atomic mass is 10.2. The van der Waals surface area contributed by atoms with Gasteiger partial charge in [-0.1, -0.05) is 41.9 Å². The highest BCUT2D eigenvalue weighted by molar-refractivity contribution is 7.09. The predicted octanol–water partition coefficient (Wildman–Crippen LogP) is 5.67. The number of aryl methyl sites for hydroxylation is 2. The van der Waals surface area contributed by atoms with Gasteiger partial charge in [-0.3, -0.25) is 4.79 Å². The quantitative estimate of drug-likeness (QED) is 0.368. The number of hydrogen-bond acceptors (Lipinski definition) is 5. The number of nitriles is 1. The fourth-order valence-corrected chi connectivity index (χ4v) is 4.57. The molecular formula is C24H16ClN5OS. The zero-order valence-electron chi connectivity index (χ0n) is 16.7. The molecule has 1 amide bonds. The van der Waals surface area contributed by atoms with Crippen LogP contribution in [0, 0.1) is 11.3 Å². The van der Waals surface area contributed by atoms with Crippen LogP contribution in [0.4, 0.5) is 5.82 Å². The van der Waals surface area contributed by atoms with Gasteiger partial charge in [0.15, 0.2) is 5.65 Å². The number of anilines is 1. The first-order chi connectivity index (χ1) is 15.7. The fourth-order valence-electron chi connectivity index (χ4n) is 3.65. The first kappa shape index (κ1) is 20.2. The van der Waals surface area contributed by atoms with Gasteiger partial charge in [0.25, 0.3) is 5.91 Å². The lowest BCUT2D eigenvalue weighted by molar-refractivity contribution is 0.102. The van der Waals surface area contributed by atoms with Crippen molar-refractivity contribution in [2.75, 3.05) is 5.32 Å². The van der Waals surface area contributed by atoms with Crippen LogP contribution in [-0.4, -0.2) is 20.4 Å². The van der Waals surface area contributed by atoms with Gasteiger partial charge in [-0.05, 0) is 42.1 Å². The number of nitrogens with zero attached hydrogens (tertiary/aromatic N) is 4. The van der Waals surface area contributed by atoms with E-state index in [0.29, 0.717) is 39.6 Å². The molecule has 5 aromatic rings. The molecule has 32 heavy (non-hydrogen) atoms. The topological polar surface area (TPSA) is 83.6 Å². The third-order valence-electron chi connectivity index (χ3n) is 5.18. The molecule has 0 fully saturated rings. The van der Waals surface area contributed by atoms with Crippen molar-refractivity contribution >= 4 is 56.9 Å². The minimum atomic E-state index is -0.392. The first-order valence-electron chi connectivity index (χ1n) is 9.93. The average Bonchev–Trinajstić information content (AvgIpc) is 3.42. The number of rotatable bonds is 5. The molecule has 3 aromatic heterocycles. The Labute approximate surface area is 192 Å². The summed E-state index contributed by atoms with van der Waals surface area (Å²) in [6, 6.07) is 20.6. The SMILES string of the molecule is N#Cc1c(NC(=O)c2ccccc2Cl)n(CCc2cccs2)c2nc3ccccc3nc12. The second-order valence-corrected chi connectivity index (χ2v) is 8.57. The molecule has 0 aliphatic rings. The summed E-state index contributed by atoms with van der Waals surface area (Å²) in [6.45, 7) is 0.532. The Hall–Kier alpha value is -3.73. The number of hydrogen-bond donors (Lipinski definition) is 1. The van der Waals surface area contributed by atoms with Crippen molar-refractivity contribution in [2.24, 2.45) is 0 Å². The van der Waals surface area contributed by atoms with Crippen LogP contribution in [0.2, 0.25) is 5.02 Å². The van der Waals surface area contributed by atoms with Gasteiger partial charge < -0.3 is 9.88 Å². The maximum absolute atomic E-state index is 13.0. The van der Waals surface area contributed by atoms with E-state index in [1.165, 1.54) is 4.88 Å². The Morgan fingerprint density at radius 1 is 1.06 bits per heavy atom. The van der Waals surface area contributed by atoms with E-state index in [1.807, 2.05) is 40.3 Å². The summed E-state index contributed by atoms with van der Waals surface area (Å²) in [4.78, 5) is 23.7. The lowest BCUT2D eigenvalue weighted by Gasteiger charge is -2.12. The molecule has 1 N–H and O–H groups in total. The second kappa shape index (κ2) is 8.42. The summed E-state index contributed by atoms with van der Waals surface area (Å²) < 4.78 is 1.86. The Bertz CT molecular complexity index is 1500. The maximum Gasteiger partial charge on any atom is 0.258 e. The molecule has 3 heterocycles. The standard InChI is InChI=1S/C24H16ClN5OS/c25-18-8-2-1-7-16(18)24(31)29-22-17(14-26)21-23(28-20-10-4-3-9-19(20)27-21)30(22)12-11-15-6-5-13-32-15/h1-10,13H,11-12H2,(H,29,31). The van der Waals surface area contributed by atoms with Crippen LogP contribution in [0.1, 0.15) is 20.8 Å². The van der Waals surface area contributed by atoms with Crippen molar-refractivity contribution in [3.63, 3.8) is 0 Å². The van der Waals surface area contributed by atoms with Crippen molar-refractivity contribution in [2.45, 2.75) is 13.0 Å². The number of benzene rings is 2. The molecule has 0 bridgehead atoms.